The summed E-state index contributed by atoms with van der Waals surface area (Å²) in [7, 11) is 3.18. The third-order valence-corrected chi connectivity index (χ3v) is 2.81. The Morgan fingerprint density at radius 2 is 1.94 bits per heavy atom. The van der Waals surface area contributed by atoms with Gasteiger partial charge in [-0.1, -0.05) is 6.07 Å². The van der Waals surface area contributed by atoms with E-state index in [4.69, 9.17) is 9.47 Å². The van der Waals surface area contributed by atoms with Gasteiger partial charge >= 0.3 is 0 Å². The van der Waals surface area contributed by atoms with E-state index in [0.29, 0.717) is 23.6 Å². The van der Waals surface area contributed by atoms with Crippen LogP contribution in [0.5, 0.6) is 11.5 Å². The van der Waals surface area contributed by atoms with Gasteiger partial charge < -0.3 is 14.6 Å². The summed E-state index contributed by atoms with van der Waals surface area (Å²) >= 11 is 0. The molecule has 96 valence electrons. The van der Waals surface area contributed by atoms with Crippen molar-refractivity contribution in [2.24, 2.45) is 0 Å². The fraction of sp³-hybridized carbons (Fsp3) is 0.308. The van der Waals surface area contributed by atoms with Crippen LogP contribution in [0.3, 0.4) is 0 Å². The van der Waals surface area contributed by atoms with Crippen molar-refractivity contribution < 1.29 is 9.47 Å². The number of ether oxygens (including phenoxy) is 2. The number of aromatic amines is 1. The summed E-state index contributed by atoms with van der Waals surface area (Å²) in [6.07, 6.45) is 1.70. The molecule has 0 bridgehead atoms. The lowest BCUT2D eigenvalue weighted by Crippen LogP contribution is -2.18. The van der Waals surface area contributed by atoms with Crippen molar-refractivity contribution >= 4 is 0 Å². The molecule has 5 heteroatoms. The Hall–Kier alpha value is -2.17. The number of nitrogens with zero attached hydrogens (tertiary/aromatic N) is 1. The third kappa shape index (κ3) is 2.25. The Labute approximate surface area is 105 Å². The second-order valence-corrected chi connectivity index (χ2v) is 4.04. The highest BCUT2D eigenvalue weighted by molar-refractivity contribution is 5.42. The van der Waals surface area contributed by atoms with Crippen LogP contribution < -0.4 is 15.0 Å². The van der Waals surface area contributed by atoms with Crippen molar-refractivity contribution in [2.75, 3.05) is 14.2 Å². The normalized spacial score (nSPS) is 10.4. The third-order valence-electron chi connectivity index (χ3n) is 2.81. The van der Waals surface area contributed by atoms with Crippen LogP contribution in [0, 0.1) is 6.92 Å². The number of rotatable bonds is 4. The number of hydrogen-bond donors (Lipinski definition) is 1. The highest BCUT2D eigenvalue weighted by Gasteiger charge is 2.07. The standard InChI is InChI=1S/C13H16N2O3/c1-9-7-14-15(13(9)16)8-10-4-5-11(17-2)12(6-10)18-3/h4-7,14H,8H2,1-3H3. The predicted molar refractivity (Wildman–Crippen MR) is 68.4 cm³/mol. The van der Waals surface area contributed by atoms with Crippen LogP contribution in [-0.2, 0) is 6.54 Å². The van der Waals surface area contributed by atoms with Crippen LogP contribution in [0.15, 0.2) is 29.2 Å². The van der Waals surface area contributed by atoms with Gasteiger partial charge in [-0.3, -0.25) is 4.79 Å². The minimum Gasteiger partial charge on any atom is -0.493 e. The van der Waals surface area contributed by atoms with Crippen LogP contribution in [0.4, 0.5) is 0 Å². The Kier molecular flexibility index (Phi) is 3.41. The van der Waals surface area contributed by atoms with Crippen LogP contribution >= 0.6 is 0 Å². The summed E-state index contributed by atoms with van der Waals surface area (Å²) in [6, 6.07) is 5.60. The second kappa shape index (κ2) is 5.00. The molecule has 0 radical (unpaired) electrons. The highest BCUT2D eigenvalue weighted by atomic mass is 16.5. The van der Waals surface area contributed by atoms with Gasteiger partial charge in [0, 0.05) is 11.8 Å². The Morgan fingerprint density at radius 3 is 2.50 bits per heavy atom. The number of hydrogen-bond acceptors (Lipinski definition) is 3. The van der Waals surface area contributed by atoms with Crippen LogP contribution in [-0.4, -0.2) is 24.0 Å². The molecule has 0 fully saturated rings. The van der Waals surface area contributed by atoms with E-state index >= 15 is 0 Å². The van der Waals surface area contributed by atoms with Gasteiger partial charge in [0.2, 0.25) is 0 Å². The molecule has 18 heavy (non-hydrogen) atoms. The number of benzene rings is 1. The largest absolute Gasteiger partial charge is 0.493 e. The molecule has 5 nitrogen and oxygen atoms in total. The van der Waals surface area contributed by atoms with E-state index in [1.807, 2.05) is 18.2 Å². The summed E-state index contributed by atoms with van der Waals surface area (Å²) in [5.74, 6) is 1.34. The molecular weight excluding hydrogens is 232 g/mol. The summed E-state index contributed by atoms with van der Waals surface area (Å²) < 4.78 is 11.9. The van der Waals surface area contributed by atoms with Crippen LogP contribution in [0.2, 0.25) is 0 Å². The first-order valence-corrected chi connectivity index (χ1v) is 5.61. The topological polar surface area (TPSA) is 56.2 Å². The summed E-state index contributed by atoms with van der Waals surface area (Å²) in [4.78, 5) is 11.7. The van der Waals surface area contributed by atoms with E-state index in [0.717, 1.165) is 5.56 Å². The monoisotopic (exact) mass is 248 g/mol. The van der Waals surface area contributed by atoms with E-state index in [1.54, 1.807) is 32.0 Å². The van der Waals surface area contributed by atoms with E-state index in [1.165, 1.54) is 0 Å². The molecular formula is C13H16N2O3. The predicted octanol–water partition coefficient (Wildman–Crippen LogP) is 1.55. The van der Waals surface area contributed by atoms with Crippen molar-refractivity contribution in [3.63, 3.8) is 0 Å². The Morgan fingerprint density at radius 1 is 1.22 bits per heavy atom. The van der Waals surface area contributed by atoms with Crippen molar-refractivity contribution in [2.45, 2.75) is 13.5 Å². The zero-order valence-corrected chi connectivity index (χ0v) is 10.7. The first-order chi connectivity index (χ1) is 8.65. The maximum Gasteiger partial charge on any atom is 0.269 e. The quantitative estimate of drug-likeness (QED) is 0.893. The number of methoxy groups -OCH3 is 2. The fourth-order valence-electron chi connectivity index (χ4n) is 1.79. The molecule has 0 unspecified atom stereocenters. The van der Waals surface area contributed by atoms with Crippen molar-refractivity contribution in [3.8, 4) is 11.5 Å². The number of nitrogens with one attached hydrogen (secondary N) is 1. The van der Waals surface area contributed by atoms with Gasteiger partial charge in [0.05, 0.1) is 20.8 Å². The molecule has 0 saturated carbocycles. The minimum atomic E-state index is -0.00946. The second-order valence-electron chi connectivity index (χ2n) is 4.04. The zero-order valence-electron chi connectivity index (χ0n) is 10.7. The molecule has 1 N–H and O–H groups in total. The van der Waals surface area contributed by atoms with Crippen LogP contribution in [0.25, 0.3) is 0 Å². The van der Waals surface area contributed by atoms with E-state index in [-0.39, 0.29) is 5.56 Å². The zero-order chi connectivity index (χ0) is 13.1. The lowest BCUT2D eigenvalue weighted by molar-refractivity contribution is 0.354. The number of aromatic nitrogens is 2. The molecule has 0 saturated heterocycles. The van der Waals surface area contributed by atoms with Gasteiger partial charge in [-0.25, -0.2) is 4.68 Å². The molecule has 2 rings (SSSR count). The molecule has 0 aliphatic carbocycles. The van der Waals surface area contributed by atoms with E-state index in [9.17, 15) is 4.79 Å². The van der Waals surface area contributed by atoms with E-state index < -0.39 is 0 Å². The Balaban J connectivity index is 2.30. The highest BCUT2D eigenvalue weighted by Crippen LogP contribution is 2.27. The van der Waals surface area contributed by atoms with Crippen molar-refractivity contribution in [1.82, 2.24) is 9.78 Å². The molecule has 0 atom stereocenters. The first-order valence-electron chi connectivity index (χ1n) is 5.61. The van der Waals surface area contributed by atoms with Gasteiger partial charge in [0.15, 0.2) is 11.5 Å². The lowest BCUT2D eigenvalue weighted by Gasteiger charge is -2.09. The maximum atomic E-state index is 11.7. The lowest BCUT2D eigenvalue weighted by atomic mass is 10.2. The minimum absolute atomic E-state index is 0.00946. The molecule has 1 heterocycles. The molecule has 0 aliphatic rings. The van der Waals surface area contributed by atoms with Crippen LogP contribution in [0.1, 0.15) is 11.1 Å². The molecule has 1 aromatic heterocycles. The summed E-state index contributed by atoms with van der Waals surface area (Å²) in [5.41, 5.74) is 1.66. The molecule has 2 aromatic rings. The van der Waals surface area contributed by atoms with E-state index in [2.05, 4.69) is 5.10 Å². The molecule has 0 spiro atoms. The molecule has 1 aromatic carbocycles. The SMILES string of the molecule is COc1ccc(Cn2[nH]cc(C)c2=O)cc1OC. The van der Waals surface area contributed by atoms with Gasteiger partial charge in [0.1, 0.15) is 0 Å². The fourth-order valence-corrected chi connectivity index (χ4v) is 1.79. The first kappa shape index (κ1) is 12.3. The maximum absolute atomic E-state index is 11.7. The van der Waals surface area contributed by atoms with Gasteiger partial charge in [0.25, 0.3) is 5.56 Å². The Bertz CT molecular complexity index is 599. The number of aryl methyl sites for hydroxylation is 1. The average molecular weight is 248 g/mol. The van der Waals surface area contributed by atoms with Gasteiger partial charge in [-0.2, -0.15) is 0 Å². The van der Waals surface area contributed by atoms with Crippen molar-refractivity contribution in [3.05, 3.63) is 45.9 Å². The van der Waals surface area contributed by atoms with Gasteiger partial charge in [-0.15, -0.1) is 0 Å². The summed E-state index contributed by atoms with van der Waals surface area (Å²) in [5, 5.41) is 2.92. The smallest absolute Gasteiger partial charge is 0.269 e. The molecule has 0 aliphatic heterocycles. The average Bonchev–Trinajstić information content (AvgIpc) is 2.70. The van der Waals surface area contributed by atoms with Crippen molar-refractivity contribution in [1.29, 1.82) is 0 Å². The number of H-pyrrole nitrogens is 1. The van der Waals surface area contributed by atoms with Gasteiger partial charge in [-0.05, 0) is 24.6 Å². The molecule has 0 amide bonds. The summed E-state index contributed by atoms with van der Waals surface area (Å²) in [6.45, 7) is 2.26.